The number of hydrogen-bond donors (Lipinski definition) is 0. The van der Waals surface area contributed by atoms with Gasteiger partial charge in [0.05, 0.1) is 0 Å². The van der Waals surface area contributed by atoms with Crippen LogP contribution in [-0.2, 0) is 0 Å². The zero-order chi connectivity index (χ0) is 6.27. The third-order valence-electron chi connectivity index (χ3n) is 2.94. The lowest BCUT2D eigenvalue weighted by atomic mass is 10.0. The normalized spacial score (nSPS) is 43.7. The molecule has 2 fully saturated rings. The molecular formula is C8H15N. The quantitative estimate of drug-likeness (QED) is 0.474. The molecule has 0 spiro atoms. The second kappa shape index (κ2) is 1.98. The largest absolute Gasteiger partial charge is 0.300 e. The second-order valence-electron chi connectivity index (χ2n) is 3.51. The molecule has 2 rings (SSSR count). The Balaban J connectivity index is 2.07. The highest BCUT2D eigenvalue weighted by Gasteiger charge is 2.33. The van der Waals surface area contributed by atoms with Gasteiger partial charge in [-0.15, -0.1) is 0 Å². The van der Waals surface area contributed by atoms with Crippen molar-refractivity contribution in [2.45, 2.75) is 32.2 Å². The molecule has 0 aromatic carbocycles. The Morgan fingerprint density at radius 3 is 2.89 bits per heavy atom. The summed E-state index contributed by atoms with van der Waals surface area (Å²) in [7, 11) is 0. The van der Waals surface area contributed by atoms with Crippen molar-refractivity contribution < 1.29 is 0 Å². The Kier molecular flexibility index (Phi) is 1.26. The van der Waals surface area contributed by atoms with E-state index in [4.69, 9.17) is 0 Å². The van der Waals surface area contributed by atoms with Crippen molar-refractivity contribution in [1.82, 2.24) is 4.90 Å². The van der Waals surface area contributed by atoms with Crippen LogP contribution >= 0.6 is 0 Å². The van der Waals surface area contributed by atoms with Crippen molar-refractivity contribution in [2.24, 2.45) is 5.92 Å². The standard InChI is InChI=1S/C8H15N/c1-7-4-6-9-5-2-3-8(7)9/h7-8H,2-6H2,1H3/t7-,8-/m1/s1. The summed E-state index contributed by atoms with van der Waals surface area (Å²) in [6.07, 6.45) is 4.38. The average Bonchev–Trinajstić information content (AvgIpc) is 2.35. The maximum Gasteiger partial charge on any atom is 0.0122 e. The molecule has 0 unspecified atom stereocenters. The molecule has 2 aliphatic heterocycles. The van der Waals surface area contributed by atoms with Crippen LogP contribution in [0.1, 0.15) is 26.2 Å². The van der Waals surface area contributed by atoms with Crippen molar-refractivity contribution in [3.63, 3.8) is 0 Å². The van der Waals surface area contributed by atoms with Gasteiger partial charge in [0.25, 0.3) is 0 Å². The molecule has 2 aliphatic rings. The van der Waals surface area contributed by atoms with Crippen molar-refractivity contribution in [3.8, 4) is 0 Å². The topological polar surface area (TPSA) is 3.24 Å². The molecule has 0 aromatic rings. The molecule has 0 aliphatic carbocycles. The first-order valence-electron chi connectivity index (χ1n) is 4.12. The molecular weight excluding hydrogens is 110 g/mol. The number of fused-ring (bicyclic) bond motifs is 1. The molecule has 0 N–H and O–H groups in total. The predicted molar refractivity (Wildman–Crippen MR) is 38.4 cm³/mol. The molecule has 2 heterocycles. The van der Waals surface area contributed by atoms with Gasteiger partial charge in [0, 0.05) is 6.04 Å². The van der Waals surface area contributed by atoms with Crippen LogP contribution in [0.2, 0.25) is 0 Å². The van der Waals surface area contributed by atoms with Gasteiger partial charge in [-0.3, -0.25) is 0 Å². The summed E-state index contributed by atoms with van der Waals surface area (Å²) in [6, 6.07) is 0.977. The highest BCUT2D eigenvalue weighted by atomic mass is 15.2. The van der Waals surface area contributed by atoms with Crippen LogP contribution in [-0.4, -0.2) is 24.0 Å². The van der Waals surface area contributed by atoms with Gasteiger partial charge in [0.2, 0.25) is 0 Å². The van der Waals surface area contributed by atoms with Crippen LogP contribution in [0, 0.1) is 5.92 Å². The zero-order valence-electron chi connectivity index (χ0n) is 6.14. The minimum atomic E-state index is 0.977. The Hall–Kier alpha value is -0.0400. The molecule has 0 radical (unpaired) electrons. The lowest BCUT2D eigenvalue weighted by Crippen LogP contribution is -2.24. The van der Waals surface area contributed by atoms with E-state index in [9.17, 15) is 0 Å². The lowest BCUT2D eigenvalue weighted by molar-refractivity contribution is 0.298. The van der Waals surface area contributed by atoms with Gasteiger partial charge in [-0.2, -0.15) is 0 Å². The number of nitrogens with zero attached hydrogens (tertiary/aromatic N) is 1. The van der Waals surface area contributed by atoms with Gasteiger partial charge in [-0.05, 0) is 38.3 Å². The third-order valence-corrected chi connectivity index (χ3v) is 2.94. The smallest absolute Gasteiger partial charge is 0.0122 e. The summed E-state index contributed by atoms with van der Waals surface area (Å²) in [5.41, 5.74) is 0. The average molecular weight is 125 g/mol. The van der Waals surface area contributed by atoms with Crippen LogP contribution < -0.4 is 0 Å². The molecule has 52 valence electrons. The molecule has 0 bridgehead atoms. The third kappa shape index (κ3) is 0.787. The Bertz CT molecular complexity index is 111. The van der Waals surface area contributed by atoms with E-state index in [1.807, 2.05) is 0 Å². The summed E-state index contributed by atoms with van der Waals surface area (Å²) in [5, 5.41) is 0. The zero-order valence-corrected chi connectivity index (χ0v) is 6.14. The van der Waals surface area contributed by atoms with Gasteiger partial charge in [-0.1, -0.05) is 6.92 Å². The van der Waals surface area contributed by atoms with Crippen LogP contribution in [0.3, 0.4) is 0 Å². The second-order valence-corrected chi connectivity index (χ2v) is 3.51. The Labute approximate surface area is 57.0 Å². The highest BCUT2D eigenvalue weighted by molar-refractivity contribution is 4.88. The fourth-order valence-corrected chi connectivity index (χ4v) is 2.34. The molecule has 9 heavy (non-hydrogen) atoms. The fourth-order valence-electron chi connectivity index (χ4n) is 2.34. The summed E-state index contributed by atoms with van der Waals surface area (Å²) in [4.78, 5) is 2.66. The van der Waals surface area contributed by atoms with Crippen molar-refractivity contribution in [2.75, 3.05) is 13.1 Å². The van der Waals surface area contributed by atoms with E-state index in [0.717, 1.165) is 12.0 Å². The van der Waals surface area contributed by atoms with Crippen molar-refractivity contribution in [1.29, 1.82) is 0 Å². The van der Waals surface area contributed by atoms with Crippen molar-refractivity contribution in [3.05, 3.63) is 0 Å². The maximum atomic E-state index is 2.66. The summed E-state index contributed by atoms with van der Waals surface area (Å²) < 4.78 is 0. The fraction of sp³-hybridized carbons (Fsp3) is 1.00. The maximum absolute atomic E-state index is 2.66. The molecule has 2 atom stereocenters. The van der Waals surface area contributed by atoms with Crippen LogP contribution in [0.5, 0.6) is 0 Å². The van der Waals surface area contributed by atoms with Gasteiger partial charge in [-0.25, -0.2) is 0 Å². The predicted octanol–water partition coefficient (Wildman–Crippen LogP) is 1.49. The Morgan fingerprint density at radius 1 is 1.22 bits per heavy atom. The minimum absolute atomic E-state index is 0.977. The van der Waals surface area contributed by atoms with E-state index in [1.165, 1.54) is 32.4 Å². The molecule has 0 aromatic heterocycles. The van der Waals surface area contributed by atoms with Gasteiger partial charge in [0.15, 0.2) is 0 Å². The number of hydrogen-bond acceptors (Lipinski definition) is 1. The molecule has 1 nitrogen and oxygen atoms in total. The molecule has 0 amide bonds. The van der Waals surface area contributed by atoms with E-state index in [-0.39, 0.29) is 0 Å². The van der Waals surface area contributed by atoms with Crippen molar-refractivity contribution >= 4 is 0 Å². The summed E-state index contributed by atoms with van der Waals surface area (Å²) in [5.74, 6) is 0.993. The van der Waals surface area contributed by atoms with E-state index in [1.54, 1.807) is 0 Å². The number of rotatable bonds is 0. The molecule has 2 saturated heterocycles. The summed E-state index contributed by atoms with van der Waals surface area (Å²) >= 11 is 0. The molecule has 1 heteroatoms. The first kappa shape index (κ1) is 5.72. The minimum Gasteiger partial charge on any atom is -0.300 e. The monoisotopic (exact) mass is 125 g/mol. The van der Waals surface area contributed by atoms with E-state index >= 15 is 0 Å². The first-order chi connectivity index (χ1) is 4.38. The first-order valence-corrected chi connectivity index (χ1v) is 4.12. The van der Waals surface area contributed by atoms with Crippen LogP contribution in [0.4, 0.5) is 0 Å². The van der Waals surface area contributed by atoms with Gasteiger partial charge >= 0.3 is 0 Å². The van der Waals surface area contributed by atoms with Gasteiger partial charge in [0.1, 0.15) is 0 Å². The van der Waals surface area contributed by atoms with E-state index < -0.39 is 0 Å². The van der Waals surface area contributed by atoms with E-state index in [2.05, 4.69) is 11.8 Å². The molecule has 0 saturated carbocycles. The lowest BCUT2D eigenvalue weighted by Gasteiger charge is -2.16. The van der Waals surface area contributed by atoms with Crippen LogP contribution in [0.25, 0.3) is 0 Å². The Morgan fingerprint density at radius 2 is 2.11 bits per heavy atom. The SMILES string of the molecule is C[C@@H]1CCN2CCC[C@H]12. The van der Waals surface area contributed by atoms with E-state index in [0.29, 0.717) is 0 Å². The summed E-state index contributed by atoms with van der Waals surface area (Å²) in [6.45, 7) is 5.16. The highest BCUT2D eigenvalue weighted by Crippen LogP contribution is 2.31. The van der Waals surface area contributed by atoms with Gasteiger partial charge < -0.3 is 4.90 Å². The van der Waals surface area contributed by atoms with Crippen LogP contribution in [0.15, 0.2) is 0 Å².